The van der Waals surface area contributed by atoms with Crippen molar-refractivity contribution in [2.24, 2.45) is 0 Å². The Morgan fingerprint density at radius 1 is 1.47 bits per heavy atom. The summed E-state index contributed by atoms with van der Waals surface area (Å²) in [6.07, 6.45) is -1.94. The van der Waals surface area contributed by atoms with Crippen LogP contribution in [0.1, 0.15) is 32.6 Å². The van der Waals surface area contributed by atoms with Crippen LogP contribution in [0.4, 0.5) is 13.2 Å². The Labute approximate surface area is 87.4 Å². The highest BCUT2D eigenvalue weighted by Gasteiger charge is 2.34. The number of halogens is 3. The average molecular weight is 223 g/mol. The minimum Gasteiger partial charge on any atom is -0.300 e. The summed E-state index contributed by atoms with van der Waals surface area (Å²) >= 11 is 0. The van der Waals surface area contributed by atoms with Crippen LogP contribution in [0.15, 0.2) is 0 Å². The zero-order chi connectivity index (χ0) is 11.5. The lowest BCUT2D eigenvalue weighted by Crippen LogP contribution is -2.44. The van der Waals surface area contributed by atoms with Gasteiger partial charge in [-0.1, -0.05) is 6.92 Å². The Kier molecular flexibility index (Phi) is 4.13. The molecule has 5 heteroatoms. The molecule has 0 aromatic rings. The number of hydrogen-bond acceptors (Lipinski definition) is 2. The maximum atomic E-state index is 12.2. The summed E-state index contributed by atoms with van der Waals surface area (Å²) < 4.78 is 36.7. The van der Waals surface area contributed by atoms with Crippen LogP contribution in [-0.4, -0.2) is 36.0 Å². The van der Waals surface area contributed by atoms with Crippen molar-refractivity contribution in [3.63, 3.8) is 0 Å². The van der Waals surface area contributed by atoms with Gasteiger partial charge in [-0.2, -0.15) is 13.2 Å². The van der Waals surface area contributed by atoms with E-state index in [1.807, 2.05) is 0 Å². The molecular weight excluding hydrogens is 207 g/mol. The van der Waals surface area contributed by atoms with Crippen molar-refractivity contribution in [1.82, 2.24) is 4.90 Å². The Balaban J connectivity index is 2.53. The van der Waals surface area contributed by atoms with E-state index in [2.05, 4.69) is 0 Å². The number of Topliss-reactive ketones (excluding diaryl/α,β-unsaturated/α-hetero) is 1. The molecule has 0 aliphatic heterocycles. The first-order valence-corrected chi connectivity index (χ1v) is 5.25. The molecule has 1 saturated carbocycles. The molecule has 1 rings (SSSR count). The first-order chi connectivity index (χ1) is 6.92. The molecule has 0 N–H and O–H groups in total. The molecule has 2 nitrogen and oxygen atoms in total. The summed E-state index contributed by atoms with van der Waals surface area (Å²) in [6, 6.07) is -0.210. The zero-order valence-electron chi connectivity index (χ0n) is 8.81. The fourth-order valence-corrected chi connectivity index (χ4v) is 2.04. The number of carbonyl (C=O) groups excluding carboxylic acids is 1. The van der Waals surface area contributed by atoms with Gasteiger partial charge in [-0.3, -0.25) is 9.69 Å². The molecule has 1 unspecified atom stereocenters. The van der Waals surface area contributed by atoms with E-state index in [0.29, 0.717) is 19.4 Å². The average Bonchev–Trinajstić information content (AvgIpc) is 2.13. The van der Waals surface area contributed by atoms with Crippen molar-refractivity contribution in [1.29, 1.82) is 0 Å². The zero-order valence-corrected chi connectivity index (χ0v) is 8.81. The number of carbonyl (C=O) groups is 1. The van der Waals surface area contributed by atoms with Gasteiger partial charge in [-0.25, -0.2) is 0 Å². The Morgan fingerprint density at radius 3 is 2.60 bits per heavy atom. The molecular formula is C10H16F3NO. The van der Waals surface area contributed by atoms with E-state index in [0.717, 1.165) is 6.42 Å². The topological polar surface area (TPSA) is 20.3 Å². The number of rotatable bonds is 3. The highest BCUT2D eigenvalue weighted by Crippen LogP contribution is 2.24. The Bertz CT molecular complexity index is 227. The lowest BCUT2D eigenvalue weighted by Gasteiger charge is -2.33. The van der Waals surface area contributed by atoms with Crippen LogP contribution in [0.2, 0.25) is 0 Å². The summed E-state index contributed by atoms with van der Waals surface area (Å²) in [7, 11) is 0. The highest BCUT2D eigenvalue weighted by molar-refractivity contribution is 5.79. The van der Waals surface area contributed by atoms with Gasteiger partial charge in [-0.05, 0) is 19.4 Å². The third-order valence-corrected chi connectivity index (χ3v) is 2.76. The van der Waals surface area contributed by atoms with Crippen LogP contribution in [0.25, 0.3) is 0 Å². The van der Waals surface area contributed by atoms with Gasteiger partial charge in [0.25, 0.3) is 0 Å². The van der Waals surface area contributed by atoms with Crippen LogP contribution in [0, 0.1) is 0 Å². The maximum Gasteiger partial charge on any atom is 0.401 e. The highest BCUT2D eigenvalue weighted by atomic mass is 19.4. The second kappa shape index (κ2) is 4.96. The van der Waals surface area contributed by atoms with Crippen molar-refractivity contribution in [2.75, 3.05) is 13.1 Å². The molecule has 0 aromatic heterocycles. The molecule has 0 bridgehead atoms. The van der Waals surface area contributed by atoms with Crippen LogP contribution in [0.3, 0.4) is 0 Å². The van der Waals surface area contributed by atoms with Gasteiger partial charge >= 0.3 is 6.18 Å². The predicted octanol–water partition coefficient (Wildman–Crippen LogP) is 2.38. The van der Waals surface area contributed by atoms with Crippen molar-refractivity contribution < 1.29 is 18.0 Å². The lowest BCUT2D eigenvalue weighted by molar-refractivity contribution is -0.153. The van der Waals surface area contributed by atoms with E-state index in [1.54, 1.807) is 6.92 Å². The summed E-state index contributed by atoms with van der Waals surface area (Å²) in [5, 5.41) is 0. The van der Waals surface area contributed by atoms with Gasteiger partial charge in [0.1, 0.15) is 5.78 Å². The van der Waals surface area contributed by atoms with Crippen molar-refractivity contribution in [3.8, 4) is 0 Å². The van der Waals surface area contributed by atoms with Crippen molar-refractivity contribution in [2.45, 2.75) is 44.8 Å². The van der Waals surface area contributed by atoms with Gasteiger partial charge < -0.3 is 0 Å². The fraction of sp³-hybridized carbons (Fsp3) is 0.900. The lowest BCUT2D eigenvalue weighted by atomic mass is 9.93. The third kappa shape index (κ3) is 4.20. The van der Waals surface area contributed by atoms with Gasteiger partial charge in [0.2, 0.25) is 0 Å². The van der Waals surface area contributed by atoms with E-state index in [9.17, 15) is 18.0 Å². The van der Waals surface area contributed by atoms with E-state index in [-0.39, 0.29) is 18.2 Å². The Hall–Kier alpha value is -0.580. The first kappa shape index (κ1) is 12.5. The van der Waals surface area contributed by atoms with E-state index < -0.39 is 12.7 Å². The molecule has 15 heavy (non-hydrogen) atoms. The van der Waals surface area contributed by atoms with Crippen molar-refractivity contribution >= 4 is 5.78 Å². The van der Waals surface area contributed by atoms with Crippen molar-refractivity contribution in [3.05, 3.63) is 0 Å². The second-order valence-electron chi connectivity index (χ2n) is 3.97. The molecule has 0 radical (unpaired) electrons. The summed E-state index contributed by atoms with van der Waals surface area (Å²) in [4.78, 5) is 12.5. The second-order valence-corrected chi connectivity index (χ2v) is 3.97. The van der Waals surface area contributed by atoms with Gasteiger partial charge in [0.15, 0.2) is 0 Å². The normalized spacial score (nSPS) is 23.5. The third-order valence-electron chi connectivity index (χ3n) is 2.76. The minimum atomic E-state index is -4.17. The van der Waals surface area contributed by atoms with Crippen LogP contribution >= 0.6 is 0 Å². The van der Waals surface area contributed by atoms with E-state index in [4.69, 9.17) is 0 Å². The van der Waals surface area contributed by atoms with Gasteiger partial charge in [0, 0.05) is 18.9 Å². The Morgan fingerprint density at radius 2 is 2.13 bits per heavy atom. The summed E-state index contributed by atoms with van der Waals surface area (Å²) in [6.45, 7) is 1.14. The molecule has 0 heterocycles. The number of nitrogens with zero attached hydrogens (tertiary/aromatic N) is 1. The summed E-state index contributed by atoms with van der Waals surface area (Å²) in [5.74, 6) is 0.0897. The smallest absolute Gasteiger partial charge is 0.300 e. The van der Waals surface area contributed by atoms with E-state index in [1.165, 1.54) is 4.90 Å². The standard InChI is InChI=1S/C10H16F3NO/c1-2-14(7-10(11,12)13)8-4-3-5-9(15)6-8/h8H,2-7H2,1H3. The van der Waals surface area contributed by atoms with Crippen LogP contribution in [0.5, 0.6) is 0 Å². The molecule has 1 fully saturated rings. The quantitative estimate of drug-likeness (QED) is 0.732. The van der Waals surface area contributed by atoms with Crippen LogP contribution < -0.4 is 0 Å². The molecule has 0 amide bonds. The largest absolute Gasteiger partial charge is 0.401 e. The van der Waals surface area contributed by atoms with Gasteiger partial charge in [0.05, 0.1) is 6.54 Å². The molecule has 1 aliphatic rings. The fourth-order valence-electron chi connectivity index (χ4n) is 2.04. The van der Waals surface area contributed by atoms with Gasteiger partial charge in [-0.15, -0.1) is 0 Å². The summed E-state index contributed by atoms with van der Waals surface area (Å²) in [5.41, 5.74) is 0. The molecule has 0 spiro atoms. The molecule has 88 valence electrons. The number of ketones is 1. The molecule has 1 atom stereocenters. The maximum absolute atomic E-state index is 12.2. The van der Waals surface area contributed by atoms with E-state index >= 15 is 0 Å². The SMILES string of the molecule is CCN(CC(F)(F)F)C1CCCC(=O)C1. The molecule has 0 aromatic carbocycles. The molecule has 1 aliphatic carbocycles. The number of alkyl halides is 3. The molecule has 0 saturated heterocycles. The predicted molar refractivity (Wildman–Crippen MR) is 50.6 cm³/mol. The first-order valence-electron chi connectivity index (χ1n) is 5.25. The minimum absolute atomic E-state index is 0.0897. The monoisotopic (exact) mass is 223 g/mol. The van der Waals surface area contributed by atoms with Crippen LogP contribution in [-0.2, 0) is 4.79 Å². The number of hydrogen-bond donors (Lipinski definition) is 0.